The Labute approximate surface area is 181 Å². The maximum absolute atomic E-state index is 12.3. The lowest BCUT2D eigenvalue weighted by Crippen LogP contribution is -2.42. The van der Waals surface area contributed by atoms with Crippen LogP contribution in [-0.4, -0.2) is 48.1 Å². The van der Waals surface area contributed by atoms with Crippen molar-refractivity contribution in [3.8, 4) is 10.6 Å². The number of ether oxygens (including phenoxy) is 1. The highest BCUT2D eigenvalue weighted by atomic mass is 32.1. The summed E-state index contributed by atoms with van der Waals surface area (Å²) in [5, 5.41) is 5.17. The summed E-state index contributed by atoms with van der Waals surface area (Å²) in [6.07, 6.45) is 0.0901. The third kappa shape index (κ3) is 5.02. The molecule has 0 radical (unpaired) electrons. The molecule has 8 nitrogen and oxygen atoms in total. The summed E-state index contributed by atoms with van der Waals surface area (Å²) in [4.78, 5) is 35.5. The van der Waals surface area contributed by atoms with Crippen LogP contribution >= 0.6 is 22.7 Å². The summed E-state index contributed by atoms with van der Waals surface area (Å²) in [5.41, 5.74) is 7.89. The second-order valence-electron chi connectivity index (χ2n) is 6.80. The Morgan fingerprint density at radius 1 is 1.07 bits per heavy atom. The highest BCUT2D eigenvalue weighted by Gasteiger charge is 2.17. The molecule has 0 bridgehead atoms. The van der Waals surface area contributed by atoms with Gasteiger partial charge in [0, 0.05) is 29.4 Å². The summed E-state index contributed by atoms with van der Waals surface area (Å²) < 4.78 is 5.34. The first-order valence-corrected chi connectivity index (χ1v) is 11.2. The molecule has 156 valence electrons. The van der Waals surface area contributed by atoms with Crippen molar-refractivity contribution in [3.63, 3.8) is 0 Å². The average molecular weight is 444 g/mol. The maximum Gasteiger partial charge on any atom is 0.289 e. The number of carbonyl (C=O) groups is 2. The minimum atomic E-state index is -0.453. The third-order valence-corrected chi connectivity index (χ3v) is 6.36. The van der Waals surface area contributed by atoms with Gasteiger partial charge in [0.2, 0.25) is 5.91 Å². The number of hydrogen-bond donors (Lipinski definition) is 2. The lowest BCUT2D eigenvalue weighted by Gasteiger charge is -2.26. The molecule has 0 unspecified atom stereocenters. The number of hydrogen-bond acceptors (Lipinski definition) is 8. The summed E-state index contributed by atoms with van der Waals surface area (Å²) in [5.74, 6) is -0.790. The molecule has 1 aliphatic heterocycles. The van der Waals surface area contributed by atoms with Gasteiger partial charge in [0.05, 0.1) is 25.3 Å². The summed E-state index contributed by atoms with van der Waals surface area (Å²) in [6, 6.07) is 7.94. The molecule has 2 amide bonds. The number of aryl methyl sites for hydroxylation is 1. The molecule has 1 fully saturated rings. The molecule has 3 heterocycles. The van der Waals surface area contributed by atoms with Gasteiger partial charge in [-0.3, -0.25) is 20.4 Å². The van der Waals surface area contributed by atoms with Crippen molar-refractivity contribution in [2.24, 2.45) is 0 Å². The van der Waals surface area contributed by atoms with Crippen molar-refractivity contribution in [3.05, 3.63) is 52.0 Å². The number of benzene rings is 1. The molecule has 1 aliphatic rings. The van der Waals surface area contributed by atoms with Crippen molar-refractivity contribution >= 4 is 39.6 Å². The van der Waals surface area contributed by atoms with Gasteiger partial charge in [-0.1, -0.05) is 29.8 Å². The first kappa shape index (κ1) is 20.5. The number of thiazole rings is 2. The minimum absolute atomic E-state index is 0.0901. The van der Waals surface area contributed by atoms with Crippen LogP contribution in [0.15, 0.2) is 35.0 Å². The standard InChI is InChI=1S/C20H21N5O3S2/c1-13-2-4-14(5-3-13)19-22-16(12-29-19)18(27)24-23-17(26)10-15-11-30-20(21-15)25-6-8-28-9-7-25/h2-5,11-12H,6-10H2,1H3,(H,23,26)(H,24,27). The Morgan fingerprint density at radius 3 is 2.60 bits per heavy atom. The number of carbonyl (C=O) groups excluding carboxylic acids is 2. The second-order valence-corrected chi connectivity index (χ2v) is 8.50. The van der Waals surface area contributed by atoms with E-state index in [9.17, 15) is 9.59 Å². The Hall–Kier alpha value is -2.82. The van der Waals surface area contributed by atoms with Gasteiger partial charge in [-0.2, -0.15) is 0 Å². The van der Waals surface area contributed by atoms with E-state index in [4.69, 9.17) is 4.74 Å². The third-order valence-electron chi connectivity index (χ3n) is 4.51. The molecular weight excluding hydrogens is 422 g/mol. The van der Waals surface area contributed by atoms with Crippen molar-refractivity contribution in [1.29, 1.82) is 0 Å². The van der Waals surface area contributed by atoms with Crippen molar-refractivity contribution in [2.75, 3.05) is 31.2 Å². The van der Waals surface area contributed by atoms with Crippen LogP contribution in [0.4, 0.5) is 5.13 Å². The van der Waals surface area contributed by atoms with Gasteiger partial charge in [0.25, 0.3) is 5.91 Å². The number of hydrazine groups is 1. The predicted octanol–water partition coefficient (Wildman–Crippen LogP) is 2.42. The summed E-state index contributed by atoms with van der Waals surface area (Å²) in [6.45, 7) is 4.98. The molecular formula is C20H21N5O3S2. The number of nitrogens with zero attached hydrogens (tertiary/aromatic N) is 3. The molecule has 30 heavy (non-hydrogen) atoms. The van der Waals surface area contributed by atoms with Crippen LogP contribution in [0.25, 0.3) is 10.6 Å². The van der Waals surface area contributed by atoms with Crippen LogP contribution in [0.5, 0.6) is 0 Å². The fourth-order valence-corrected chi connectivity index (χ4v) is 4.57. The Morgan fingerprint density at radius 2 is 1.83 bits per heavy atom. The van der Waals surface area contributed by atoms with Crippen LogP contribution in [0.1, 0.15) is 21.7 Å². The van der Waals surface area contributed by atoms with Crippen LogP contribution < -0.4 is 15.8 Å². The zero-order valence-electron chi connectivity index (χ0n) is 16.4. The van der Waals surface area contributed by atoms with E-state index in [1.54, 1.807) is 5.38 Å². The van der Waals surface area contributed by atoms with Crippen molar-refractivity contribution < 1.29 is 14.3 Å². The van der Waals surface area contributed by atoms with Crippen LogP contribution in [0.2, 0.25) is 0 Å². The Bertz CT molecular complexity index is 1030. The molecule has 0 saturated carbocycles. The lowest BCUT2D eigenvalue weighted by molar-refractivity contribution is -0.121. The van der Waals surface area contributed by atoms with Gasteiger partial charge < -0.3 is 9.64 Å². The lowest BCUT2D eigenvalue weighted by atomic mass is 10.2. The van der Waals surface area contributed by atoms with E-state index in [1.165, 1.54) is 22.7 Å². The van der Waals surface area contributed by atoms with E-state index in [-0.39, 0.29) is 18.0 Å². The van der Waals surface area contributed by atoms with Gasteiger partial charge in [-0.05, 0) is 6.92 Å². The molecule has 4 rings (SSSR count). The number of aromatic nitrogens is 2. The van der Waals surface area contributed by atoms with Crippen LogP contribution in [0, 0.1) is 6.92 Å². The molecule has 0 spiro atoms. The minimum Gasteiger partial charge on any atom is -0.378 e. The molecule has 10 heteroatoms. The van der Waals surface area contributed by atoms with Crippen molar-refractivity contribution in [1.82, 2.24) is 20.8 Å². The SMILES string of the molecule is Cc1ccc(-c2nc(C(=O)NNC(=O)Cc3csc(N4CCOCC4)n3)cs2)cc1. The monoisotopic (exact) mass is 443 g/mol. The molecule has 2 aromatic heterocycles. The smallest absolute Gasteiger partial charge is 0.289 e. The number of anilines is 1. The molecule has 3 aromatic rings. The number of morpholine rings is 1. The zero-order valence-corrected chi connectivity index (χ0v) is 18.0. The quantitative estimate of drug-likeness (QED) is 0.588. The number of rotatable bonds is 5. The molecule has 2 N–H and O–H groups in total. The Balaban J connectivity index is 1.28. The second kappa shape index (κ2) is 9.33. The molecule has 0 aliphatic carbocycles. The average Bonchev–Trinajstić information content (AvgIpc) is 3.43. The number of amides is 2. The van der Waals surface area contributed by atoms with E-state index in [0.717, 1.165) is 34.4 Å². The van der Waals surface area contributed by atoms with E-state index >= 15 is 0 Å². The van der Waals surface area contributed by atoms with E-state index in [1.807, 2.05) is 36.6 Å². The number of nitrogens with one attached hydrogen (secondary N) is 2. The largest absolute Gasteiger partial charge is 0.378 e. The first-order valence-electron chi connectivity index (χ1n) is 9.47. The van der Waals surface area contributed by atoms with E-state index in [2.05, 4.69) is 25.7 Å². The van der Waals surface area contributed by atoms with E-state index in [0.29, 0.717) is 18.9 Å². The Kier molecular flexibility index (Phi) is 6.36. The molecule has 0 atom stereocenters. The van der Waals surface area contributed by atoms with Gasteiger partial charge >= 0.3 is 0 Å². The fourth-order valence-electron chi connectivity index (χ4n) is 2.88. The van der Waals surface area contributed by atoms with E-state index < -0.39 is 5.91 Å². The fraction of sp³-hybridized carbons (Fsp3) is 0.300. The normalized spacial score (nSPS) is 13.8. The highest BCUT2D eigenvalue weighted by molar-refractivity contribution is 7.13. The molecule has 1 saturated heterocycles. The van der Waals surface area contributed by atoms with Gasteiger partial charge in [-0.15, -0.1) is 22.7 Å². The van der Waals surface area contributed by atoms with Gasteiger partial charge in [-0.25, -0.2) is 9.97 Å². The van der Waals surface area contributed by atoms with Gasteiger partial charge in [0.1, 0.15) is 10.7 Å². The summed E-state index contributed by atoms with van der Waals surface area (Å²) >= 11 is 2.89. The van der Waals surface area contributed by atoms with Crippen LogP contribution in [0.3, 0.4) is 0 Å². The highest BCUT2D eigenvalue weighted by Crippen LogP contribution is 2.24. The zero-order chi connectivity index (χ0) is 20.9. The summed E-state index contributed by atoms with van der Waals surface area (Å²) in [7, 11) is 0. The maximum atomic E-state index is 12.3. The van der Waals surface area contributed by atoms with Crippen LogP contribution in [-0.2, 0) is 16.0 Å². The van der Waals surface area contributed by atoms with Crippen molar-refractivity contribution in [2.45, 2.75) is 13.3 Å². The first-order chi connectivity index (χ1) is 14.6. The van der Waals surface area contributed by atoms with Gasteiger partial charge in [0.15, 0.2) is 5.13 Å². The predicted molar refractivity (Wildman–Crippen MR) is 117 cm³/mol. The molecule has 1 aromatic carbocycles. The topological polar surface area (TPSA) is 96.5 Å².